The molecule has 2 aromatic rings. The molecule has 0 aromatic heterocycles. The molecule has 1 N–H and O–H groups in total. The zero-order valence-electron chi connectivity index (χ0n) is 19.8. The summed E-state index contributed by atoms with van der Waals surface area (Å²) in [5.41, 5.74) is 1.69. The van der Waals surface area contributed by atoms with Gasteiger partial charge >= 0.3 is 6.18 Å². The molecule has 0 spiro atoms. The summed E-state index contributed by atoms with van der Waals surface area (Å²) in [5.74, 6) is -1.49. The fourth-order valence-electron chi connectivity index (χ4n) is 4.48. The van der Waals surface area contributed by atoms with Crippen LogP contribution in [0.3, 0.4) is 0 Å². The lowest BCUT2D eigenvalue weighted by molar-refractivity contribution is -0.250. The Bertz CT molecular complexity index is 1170. The van der Waals surface area contributed by atoms with Crippen LogP contribution in [-0.4, -0.2) is 66.1 Å². The highest BCUT2D eigenvalue weighted by molar-refractivity contribution is 7.89. The molecule has 0 aliphatic carbocycles. The van der Waals surface area contributed by atoms with Crippen LogP contribution in [0.25, 0.3) is 11.1 Å². The van der Waals surface area contributed by atoms with Crippen LogP contribution >= 0.6 is 0 Å². The van der Waals surface area contributed by atoms with E-state index in [9.17, 15) is 31.5 Å². The Balaban J connectivity index is 1.81. The molecular weight excluding hydrogens is 469 g/mol. The molecule has 186 valence electrons. The minimum absolute atomic E-state index is 0.0626. The van der Waals surface area contributed by atoms with Crippen molar-refractivity contribution in [2.75, 3.05) is 19.6 Å². The van der Waals surface area contributed by atoms with Gasteiger partial charge in [0, 0.05) is 25.7 Å². The Morgan fingerprint density at radius 1 is 1.03 bits per heavy atom. The van der Waals surface area contributed by atoms with E-state index in [1.807, 2.05) is 20.8 Å². The zero-order valence-corrected chi connectivity index (χ0v) is 20.6. The van der Waals surface area contributed by atoms with E-state index in [2.05, 4.69) is 12.1 Å². The number of amides is 1. The van der Waals surface area contributed by atoms with Crippen molar-refractivity contribution in [3.63, 3.8) is 0 Å². The molecule has 2 atom stereocenters. The summed E-state index contributed by atoms with van der Waals surface area (Å²) in [4.78, 5) is 13.2. The molecule has 1 saturated heterocycles. The number of nitrogens with zero attached hydrogens (tertiary/aromatic N) is 2. The second-order valence-electron chi connectivity index (χ2n) is 9.08. The summed E-state index contributed by atoms with van der Waals surface area (Å²) in [6, 6.07) is 9.86. The number of rotatable bonds is 4. The number of carbonyl (C=O) groups is 1. The quantitative estimate of drug-likeness (QED) is 0.696. The van der Waals surface area contributed by atoms with Crippen molar-refractivity contribution in [1.82, 2.24) is 9.21 Å². The highest BCUT2D eigenvalue weighted by Gasteiger charge is 2.57. The van der Waals surface area contributed by atoms with Gasteiger partial charge in [-0.2, -0.15) is 17.5 Å². The van der Waals surface area contributed by atoms with E-state index >= 15 is 0 Å². The molecule has 1 aliphatic rings. The molecule has 1 fully saturated rings. The lowest BCUT2D eigenvalue weighted by Crippen LogP contribution is -2.62. The summed E-state index contributed by atoms with van der Waals surface area (Å²) in [6.07, 6.45) is -5.13. The minimum atomic E-state index is -5.13. The monoisotopic (exact) mass is 498 g/mol. The molecule has 0 saturated carbocycles. The smallest absolute Gasteiger partial charge is 0.373 e. The molecular formula is C24H29F3N2O4S. The van der Waals surface area contributed by atoms with Crippen molar-refractivity contribution in [3.8, 4) is 11.1 Å². The molecule has 34 heavy (non-hydrogen) atoms. The number of alkyl halides is 3. The molecule has 6 nitrogen and oxygen atoms in total. The van der Waals surface area contributed by atoms with Gasteiger partial charge in [0.1, 0.15) is 0 Å². The molecule has 1 aliphatic heterocycles. The number of aryl methyl sites for hydroxylation is 3. The zero-order chi connectivity index (χ0) is 25.6. The van der Waals surface area contributed by atoms with Crippen LogP contribution in [0, 0.1) is 20.8 Å². The third-order valence-corrected chi connectivity index (χ3v) is 8.28. The van der Waals surface area contributed by atoms with E-state index < -0.39 is 33.7 Å². The largest absolute Gasteiger partial charge is 0.426 e. The van der Waals surface area contributed by atoms with Crippen LogP contribution in [0.15, 0.2) is 41.3 Å². The molecule has 1 heterocycles. The Hall–Kier alpha value is -2.43. The second-order valence-corrected chi connectivity index (χ2v) is 11.0. The van der Waals surface area contributed by atoms with Crippen LogP contribution in [0.4, 0.5) is 13.2 Å². The van der Waals surface area contributed by atoms with E-state index in [0.29, 0.717) is 6.92 Å². The molecule has 1 amide bonds. The number of hydrogen-bond acceptors (Lipinski definition) is 4. The standard InChI is InChI=1S/C24H29F3N2O4S/c1-15-12-16(2)21(17(3)13-15)19-6-8-20(9-7-19)34(32,33)29-11-10-28(14-18(29)4)22(30)23(5,31)24(25,26)27/h6-9,12-13,18,31H,10-11,14H2,1-5H3/t18-,23-/m1/s1. The molecule has 10 heteroatoms. The number of hydrogen-bond donors (Lipinski definition) is 1. The number of benzene rings is 2. The van der Waals surface area contributed by atoms with Crippen molar-refractivity contribution in [3.05, 3.63) is 53.1 Å². The first kappa shape index (κ1) is 26.2. The predicted octanol–water partition coefficient (Wildman–Crippen LogP) is 3.81. The van der Waals surface area contributed by atoms with Crippen molar-refractivity contribution < 1.29 is 31.5 Å². The van der Waals surface area contributed by atoms with E-state index in [1.54, 1.807) is 12.1 Å². The first-order valence-corrected chi connectivity index (χ1v) is 12.3. The topological polar surface area (TPSA) is 77.9 Å². The average molecular weight is 499 g/mol. The van der Waals surface area contributed by atoms with Crippen molar-refractivity contribution in [2.24, 2.45) is 0 Å². The first-order chi connectivity index (χ1) is 15.6. The molecule has 0 radical (unpaired) electrons. The molecule has 3 rings (SSSR count). The fraction of sp³-hybridized carbons (Fsp3) is 0.458. The summed E-state index contributed by atoms with van der Waals surface area (Å²) in [5, 5.41) is 9.69. The van der Waals surface area contributed by atoms with E-state index in [1.165, 1.54) is 23.4 Å². The van der Waals surface area contributed by atoms with Crippen LogP contribution in [0.5, 0.6) is 0 Å². The predicted molar refractivity (Wildman–Crippen MR) is 123 cm³/mol. The van der Waals surface area contributed by atoms with Crippen molar-refractivity contribution in [1.29, 1.82) is 0 Å². The summed E-state index contributed by atoms with van der Waals surface area (Å²) in [7, 11) is -3.94. The van der Waals surface area contributed by atoms with E-state index in [-0.39, 0.29) is 24.5 Å². The van der Waals surface area contributed by atoms with Gasteiger partial charge in [0.05, 0.1) is 4.90 Å². The summed E-state index contributed by atoms with van der Waals surface area (Å²) >= 11 is 0. The highest BCUT2D eigenvalue weighted by Crippen LogP contribution is 2.33. The van der Waals surface area contributed by atoms with Gasteiger partial charge in [-0.15, -0.1) is 0 Å². The maximum atomic E-state index is 13.2. The Kier molecular flexibility index (Phi) is 6.91. The first-order valence-electron chi connectivity index (χ1n) is 10.9. The lowest BCUT2D eigenvalue weighted by atomic mass is 9.94. The molecule has 0 bridgehead atoms. The van der Waals surface area contributed by atoms with Crippen LogP contribution in [-0.2, 0) is 14.8 Å². The summed E-state index contributed by atoms with van der Waals surface area (Å²) < 4.78 is 66.8. The number of sulfonamides is 1. The fourth-order valence-corrected chi connectivity index (χ4v) is 6.09. The maximum absolute atomic E-state index is 13.2. The number of carbonyl (C=O) groups excluding carboxylic acids is 1. The van der Waals surface area contributed by atoms with Crippen LogP contribution in [0.2, 0.25) is 0 Å². The van der Waals surface area contributed by atoms with Gasteiger partial charge in [0.2, 0.25) is 15.6 Å². The maximum Gasteiger partial charge on any atom is 0.426 e. The Morgan fingerprint density at radius 2 is 1.56 bits per heavy atom. The second kappa shape index (κ2) is 8.98. The van der Waals surface area contributed by atoms with E-state index in [4.69, 9.17) is 0 Å². The minimum Gasteiger partial charge on any atom is -0.373 e. The normalized spacial score (nSPS) is 19.7. The third kappa shape index (κ3) is 4.71. The molecule has 0 unspecified atom stereocenters. The van der Waals surface area contributed by atoms with Gasteiger partial charge in [-0.3, -0.25) is 4.79 Å². The highest BCUT2D eigenvalue weighted by atomic mass is 32.2. The van der Waals surface area contributed by atoms with Gasteiger partial charge in [-0.05, 0) is 69.0 Å². The number of aliphatic hydroxyl groups is 1. The van der Waals surface area contributed by atoms with Crippen molar-refractivity contribution in [2.45, 2.75) is 57.3 Å². The lowest BCUT2D eigenvalue weighted by Gasteiger charge is -2.41. The van der Waals surface area contributed by atoms with Gasteiger partial charge in [-0.25, -0.2) is 8.42 Å². The van der Waals surface area contributed by atoms with Gasteiger partial charge in [0.15, 0.2) is 0 Å². The van der Waals surface area contributed by atoms with Crippen molar-refractivity contribution >= 4 is 15.9 Å². The number of halogens is 3. The van der Waals surface area contributed by atoms with Crippen LogP contribution in [0.1, 0.15) is 30.5 Å². The van der Waals surface area contributed by atoms with Gasteiger partial charge < -0.3 is 10.0 Å². The SMILES string of the molecule is Cc1cc(C)c(-c2ccc(S(=O)(=O)N3CCN(C(=O)[C@@](C)(O)C(F)(F)F)C[C@H]3C)cc2)c(C)c1. The Labute approximate surface area is 198 Å². The average Bonchev–Trinajstić information content (AvgIpc) is 2.71. The van der Waals surface area contributed by atoms with Crippen LogP contribution < -0.4 is 0 Å². The third-order valence-electron chi connectivity index (χ3n) is 6.25. The number of piperazine rings is 1. The molecule has 2 aromatic carbocycles. The van der Waals surface area contributed by atoms with E-state index in [0.717, 1.165) is 32.7 Å². The summed E-state index contributed by atoms with van der Waals surface area (Å²) in [6.45, 7) is 7.24. The Morgan fingerprint density at radius 3 is 2.03 bits per heavy atom. The van der Waals surface area contributed by atoms with Gasteiger partial charge in [0.25, 0.3) is 5.91 Å². The van der Waals surface area contributed by atoms with Gasteiger partial charge in [-0.1, -0.05) is 29.8 Å².